The minimum Gasteiger partial charge on any atom is -0.269 e. The van der Waals surface area contributed by atoms with Crippen molar-refractivity contribution in [1.29, 1.82) is 0 Å². The van der Waals surface area contributed by atoms with E-state index >= 15 is 0 Å². The molecule has 0 radical (unpaired) electrons. The van der Waals surface area contributed by atoms with Crippen LogP contribution in [0.1, 0.15) is 0 Å². The van der Waals surface area contributed by atoms with Crippen LogP contribution in [0.25, 0.3) is 0 Å². The molecule has 1 amide bonds. The molecule has 0 unspecified atom stereocenters. The Morgan fingerprint density at radius 3 is 2.40 bits per heavy atom. The lowest BCUT2D eigenvalue weighted by atomic mass is 10.6. The zero-order valence-electron chi connectivity index (χ0n) is 6.55. The van der Waals surface area contributed by atoms with E-state index in [4.69, 9.17) is 0 Å². The first-order valence-corrected chi connectivity index (χ1v) is 3.65. The summed E-state index contributed by atoms with van der Waals surface area (Å²) < 4.78 is 3.24. The van der Waals surface area contributed by atoms with E-state index in [2.05, 4.69) is 11.3 Å². The molecule has 0 fully saturated rings. The fourth-order valence-corrected chi connectivity index (χ4v) is 0.671. The fraction of sp³-hybridized carbons (Fsp3) is 0.500. The van der Waals surface area contributed by atoms with Crippen LogP contribution < -0.4 is 4.72 Å². The van der Waals surface area contributed by atoms with Gasteiger partial charge in [0.25, 0.3) is 5.91 Å². The van der Waals surface area contributed by atoms with E-state index in [1.54, 1.807) is 0 Å². The maximum Gasteiger partial charge on any atom is 0.257 e. The molecule has 0 aliphatic carbocycles. The van der Waals surface area contributed by atoms with Crippen molar-refractivity contribution in [3.05, 3.63) is 12.7 Å². The second-order valence-corrected chi connectivity index (χ2v) is 4.13. The van der Waals surface area contributed by atoms with Crippen LogP contribution in [0.4, 0.5) is 0 Å². The van der Waals surface area contributed by atoms with Gasteiger partial charge in [-0.15, -0.1) is 0 Å². The minimum atomic E-state index is -0.155. The molecule has 0 bridgehead atoms. The van der Waals surface area contributed by atoms with E-state index in [-0.39, 0.29) is 5.91 Å². The molecule has 58 valence electrons. The normalized spacial score (nSPS) is 10.7. The van der Waals surface area contributed by atoms with Gasteiger partial charge < -0.3 is 0 Å². The van der Waals surface area contributed by atoms with Crippen LogP contribution in [-0.4, -0.2) is 30.9 Å². The molecule has 0 heterocycles. The third-order valence-corrected chi connectivity index (χ3v) is 1.45. The monoisotopic (exact) mass is 161 g/mol. The summed E-state index contributed by atoms with van der Waals surface area (Å²) >= 11 is 1.33. The molecule has 0 aliphatic rings. The van der Waals surface area contributed by atoms with E-state index in [1.165, 1.54) is 18.2 Å². The van der Waals surface area contributed by atoms with Crippen molar-refractivity contribution in [3.8, 4) is 0 Å². The van der Waals surface area contributed by atoms with Gasteiger partial charge in [-0.05, 0) is 6.08 Å². The van der Waals surface area contributed by atoms with Gasteiger partial charge in [0.05, 0.1) is 21.1 Å². The Morgan fingerprint density at radius 2 is 2.10 bits per heavy atom. The van der Waals surface area contributed by atoms with E-state index in [0.717, 1.165) is 0 Å². The lowest BCUT2D eigenvalue weighted by Gasteiger charge is -2.18. The van der Waals surface area contributed by atoms with Gasteiger partial charge in [-0.3, -0.25) is 4.79 Å². The smallest absolute Gasteiger partial charge is 0.257 e. The first kappa shape index (κ1) is 9.52. The number of carbonyl (C=O) groups is 1. The SMILES string of the molecule is C=CC(=O)NS[N+](C)(C)C. The topological polar surface area (TPSA) is 29.1 Å². The summed E-state index contributed by atoms with van der Waals surface area (Å²) in [6.07, 6.45) is 1.25. The van der Waals surface area contributed by atoms with Crippen LogP contribution in [0.5, 0.6) is 0 Å². The average molecular weight is 161 g/mol. The van der Waals surface area contributed by atoms with Crippen molar-refractivity contribution >= 4 is 18.0 Å². The van der Waals surface area contributed by atoms with Crippen molar-refractivity contribution in [1.82, 2.24) is 4.72 Å². The van der Waals surface area contributed by atoms with Gasteiger partial charge in [0, 0.05) is 0 Å². The van der Waals surface area contributed by atoms with Crippen LogP contribution in [0.3, 0.4) is 0 Å². The predicted molar refractivity (Wildman–Crippen MR) is 44.0 cm³/mol. The van der Waals surface area contributed by atoms with Gasteiger partial charge >= 0.3 is 0 Å². The van der Waals surface area contributed by atoms with E-state index in [9.17, 15) is 4.79 Å². The molecular formula is C6H13N2OS+. The van der Waals surface area contributed by atoms with Gasteiger partial charge in [0.15, 0.2) is 0 Å². The van der Waals surface area contributed by atoms with Crippen molar-refractivity contribution in [2.24, 2.45) is 0 Å². The Morgan fingerprint density at radius 1 is 1.60 bits per heavy atom. The second-order valence-electron chi connectivity index (χ2n) is 2.65. The number of carbonyl (C=O) groups excluding carboxylic acids is 1. The zero-order chi connectivity index (χ0) is 8.20. The van der Waals surface area contributed by atoms with E-state index in [1.807, 2.05) is 21.1 Å². The highest BCUT2D eigenvalue weighted by atomic mass is 32.2. The summed E-state index contributed by atoms with van der Waals surface area (Å²) in [7, 11) is 5.90. The predicted octanol–water partition coefficient (Wildman–Crippen LogP) is 0.558. The molecule has 0 saturated heterocycles. The largest absolute Gasteiger partial charge is 0.269 e. The minimum absolute atomic E-state index is 0.155. The summed E-state index contributed by atoms with van der Waals surface area (Å²) in [5, 5.41) is 0. The van der Waals surface area contributed by atoms with Gasteiger partial charge in [-0.25, -0.2) is 8.61 Å². The Balaban J connectivity index is 3.55. The first-order chi connectivity index (χ1) is 4.45. The molecule has 0 rings (SSSR count). The molecule has 10 heavy (non-hydrogen) atoms. The molecule has 1 N–H and O–H groups in total. The van der Waals surface area contributed by atoms with Crippen LogP contribution in [0, 0.1) is 0 Å². The third-order valence-electron chi connectivity index (χ3n) is 0.605. The van der Waals surface area contributed by atoms with Gasteiger partial charge in [0.1, 0.15) is 0 Å². The molecule has 3 nitrogen and oxygen atoms in total. The summed E-state index contributed by atoms with van der Waals surface area (Å²) in [5.41, 5.74) is 0. The maximum absolute atomic E-state index is 10.6. The molecular weight excluding hydrogens is 148 g/mol. The average Bonchev–Trinajstić information content (AvgIpc) is 1.81. The molecule has 0 aromatic heterocycles. The molecule has 0 spiro atoms. The molecule has 4 heteroatoms. The Kier molecular flexibility index (Phi) is 3.46. The van der Waals surface area contributed by atoms with Crippen molar-refractivity contribution in [2.45, 2.75) is 0 Å². The molecule has 0 atom stereocenters. The van der Waals surface area contributed by atoms with Gasteiger partial charge in [-0.1, -0.05) is 6.58 Å². The molecule has 0 aromatic carbocycles. The van der Waals surface area contributed by atoms with Crippen LogP contribution in [0.15, 0.2) is 12.7 Å². The number of hydrogen-bond donors (Lipinski definition) is 1. The van der Waals surface area contributed by atoms with E-state index in [0.29, 0.717) is 3.89 Å². The summed E-state index contributed by atoms with van der Waals surface area (Å²) in [4.78, 5) is 10.6. The maximum atomic E-state index is 10.6. The lowest BCUT2D eigenvalue weighted by Crippen LogP contribution is -2.31. The Hall–Kier alpha value is -0.480. The van der Waals surface area contributed by atoms with Crippen LogP contribution in [-0.2, 0) is 4.79 Å². The van der Waals surface area contributed by atoms with E-state index < -0.39 is 0 Å². The Bertz CT molecular complexity index is 139. The van der Waals surface area contributed by atoms with Crippen molar-refractivity contribution in [3.63, 3.8) is 0 Å². The number of nitrogens with zero attached hydrogens (tertiary/aromatic N) is 1. The molecule has 0 saturated carbocycles. The van der Waals surface area contributed by atoms with Crippen molar-refractivity contribution in [2.75, 3.05) is 21.1 Å². The molecule has 0 aromatic rings. The standard InChI is InChI=1S/C6H12N2OS/c1-5-6(9)7-10-8(2,3)4/h5H,1H2,2-4H3/p+1. The highest BCUT2D eigenvalue weighted by molar-refractivity contribution is 7.92. The second kappa shape index (κ2) is 3.63. The number of quaternary nitrogens is 1. The Labute approximate surface area is 65.9 Å². The lowest BCUT2D eigenvalue weighted by molar-refractivity contribution is -0.727. The number of nitrogens with one attached hydrogen (secondary N) is 1. The quantitative estimate of drug-likeness (QED) is 0.372. The summed E-state index contributed by atoms with van der Waals surface area (Å²) in [6.45, 7) is 3.33. The third kappa shape index (κ3) is 5.65. The van der Waals surface area contributed by atoms with Gasteiger partial charge in [0.2, 0.25) is 12.1 Å². The highest BCUT2D eigenvalue weighted by Crippen LogP contribution is 2.06. The summed E-state index contributed by atoms with van der Waals surface area (Å²) in [6, 6.07) is 0. The number of amides is 1. The van der Waals surface area contributed by atoms with Crippen molar-refractivity contribution < 1.29 is 8.68 Å². The first-order valence-electron chi connectivity index (χ1n) is 2.88. The van der Waals surface area contributed by atoms with Crippen LogP contribution in [0.2, 0.25) is 0 Å². The highest BCUT2D eigenvalue weighted by Gasteiger charge is 2.09. The zero-order valence-corrected chi connectivity index (χ0v) is 7.36. The van der Waals surface area contributed by atoms with Crippen LogP contribution >= 0.6 is 12.1 Å². The number of rotatable bonds is 3. The summed E-state index contributed by atoms with van der Waals surface area (Å²) in [5.74, 6) is -0.155. The van der Waals surface area contributed by atoms with Gasteiger partial charge in [-0.2, -0.15) is 0 Å². The molecule has 0 aliphatic heterocycles. The number of hydrogen-bond acceptors (Lipinski definition) is 2. The fourth-order valence-electron chi connectivity index (χ4n) is 0.224.